The number of aliphatic hydroxyl groups is 1. The van der Waals surface area contributed by atoms with Crippen LogP contribution in [0.2, 0.25) is 0 Å². The van der Waals surface area contributed by atoms with E-state index in [4.69, 9.17) is 9.47 Å². The molecule has 1 fully saturated rings. The van der Waals surface area contributed by atoms with Crippen molar-refractivity contribution in [1.82, 2.24) is 4.90 Å². The van der Waals surface area contributed by atoms with Gasteiger partial charge in [0, 0.05) is 11.4 Å². The van der Waals surface area contributed by atoms with E-state index in [2.05, 4.69) is 0 Å². The van der Waals surface area contributed by atoms with E-state index in [0.717, 1.165) is 10.4 Å². The van der Waals surface area contributed by atoms with Gasteiger partial charge in [-0.15, -0.1) is 11.3 Å². The van der Waals surface area contributed by atoms with E-state index in [1.807, 2.05) is 25.3 Å². The Bertz CT molecular complexity index is 924. The molecule has 1 aliphatic heterocycles. The van der Waals surface area contributed by atoms with Gasteiger partial charge in [-0.2, -0.15) is 0 Å². The molecule has 0 radical (unpaired) electrons. The first-order chi connectivity index (χ1) is 13.5. The van der Waals surface area contributed by atoms with Crippen LogP contribution in [0.1, 0.15) is 35.4 Å². The molecule has 0 aliphatic carbocycles. The second-order valence-electron chi connectivity index (χ2n) is 6.50. The van der Waals surface area contributed by atoms with Gasteiger partial charge in [0.15, 0.2) is 0 Å². The highest BCUT2D eigenvalue weighted by Gasteiger charge is 2.47. The number of benzene rings is 1. The summed E-state index contributed by atoms with van der Waals surface area (Å²) in [5.74, 6) is -0.865. The Kier molecular flexibility index (Phi) is 5.74. The molecule has 2 heterocycles. The first-order valence-electron chi connectivity index (χ1n) is 8.99. The molecular weight excluding hydrogens is 378 g/mol. The molecule has 2 aromatic rings. The maximum atomic E-state index is 12.9. The van der Waals surface area contributed by atoms with Crippen LogP contribution in [0, 0.1) is 6.92 Å². The number of methoxy groups -OCH3 is 2. The third-order valence-corrected chi connectivity index (χ3v) is 5.89. The maximum Gasteiger partial charge on any atom is 0.295 e. The zero-order chi connectivity index (χ0) is 20.4. The number of rotatable bonds is 6. The van der Waals surface area contributed by atoms with E-state index in [1.54, 1.807) is 18.2 Å². The predicted molar refractivity (Wildman–Crippen MR) is 108 cm³/mol. The molecule has 1 aromatic carbocycles. The predicted octanol–water partition coefficient (Wildman–Crippen LogP) is 3.91. The SMILES string of the molecule is CCCN1C(=O)C(=O)/C(=C(/O)c2c(OC)cccc2OC)C1c1sccc1C. The molecule has 1 aromatic heterocycles. The van der Waals surface area contributed by atoms with Crippen LogP contribution in [0.4, 0.5) is 0 Å². The summed E-state index contributed by atoms with van der Waals surface area (Å²) in [4.78, 5) is 28.1. The second-order valence-corrected chi connectivity index (χ2v) is 7.45. The lowest BCUT2D eigenvalue weighted by Crippen LogP contribution is -2.30. The number of Topliss-reactive ketones (excluding diaryl/α,β-unsaturated/α-hetero) is 1. The third-order valence-electron chi connectivity index (χ3n) is 4.82. The Morgan fingerprint density at radius 1 is 1.18 bits per heavy atom. The number of hydrogen-bond acceptors (Lipinski definition) is 6. The number of nitrogens with zero attached hydrogens (tertiary/aromatic N) is 1. The van der Waals surface area contributed by atoms with Gasteiger partial charge in [-0.05, 0) is 42.5 Å². The average Bonchev–Trinajstić information content (AvgIpc) is 3.22. The molecule has 1 unspecified atom stereocenters. The largest absolute Gasteiger partial charge is 0.506 e. The van der Waals surface area contributed by atoms with Crippen LogP contribution in [0.15, 0.2) is 35.2 Å². The Morgan fingerprint density at radius 2 is 1.82 bits per heavy atom. The highest BCUT2D eigenvalue weighted by atomic mass is 32.1. The molecule has 1 N–H and O–H groups in total. The Morgan fingerprint density at radius 3 is 2.32 bits per heavy atom. The van der Waals surface area contributed by atoms with Crippen molar-refractivity contribution in [3.8, 4) is 11.5 Å². The molecule has 3 rings (SSSR count). The fourth-order valence-corrected chi connectivity index (χ4v) is 4.55. The van der Waals surface area contributed by atoms with Gasteiger partial charge in [0.25, 0.3) is 11.7 Å². The van der Waals surface area contributed by atoms with Crippen LogP contribution in [-0.4, -0.2) is 42.5 Å². The summed E-state index contributed by atoms with van der Waals surface area (Å²) in [7, 11) is 2.95. The minimum atomic E-state index is -0.697. The van der Waals surface area contributed by atoms with Gasteiger partial charge >= 0.3 is 0 Å². The Labute approximate surface area is 168 Å². The average molecular weight is 401 g/mol. The van der Waals surface area contributed by atoms with Gasteiger partial charge in [-0.3, -0.25) is 9.59 Å². The van der Waals surface area contributed by atoms with E-state index in [9.17, 15) is 14.7 Å². The number of thiophene rings is 1. The molecule has 28 heavy (non-hydrogen) atoms. The first kappa shape index (κ1) is 19.9. The van der Waals surface area contributed by atoms with Crippen molar-refractivity contribution < 1.29 is 24.2 Å². The number of hydrogen-bond donors (Lipinski definition) is 1. The van der Waals surface area contributed by atoms with Gasteiger partial charge in [0.1, 0.15) is 22.8 Å². The summed E-state index contributed by atoms with van der Waals surface area (Å²) in [5, 5.41) is 13.1. The minimum Gasteiger partial charge on any atom is -0.506 e. The molecule has 0 saturated carbocycles. The van der Waals surface area contributed by atoms with Crippen molar-refractivity contribution in [2.24, 2.45) is 0 Å². The zero-order valence-electron chi connectivity index (χ0n) is 16.3. The van der Waals surface area contributed by atoms with Gasteiger partial charge in [-0.25, -0.2) is 0 Å². The quantitative estimate of drug-likeness (QED) is 0.451. The lowest BCUT2D eigenvalue weighted by molar-refractivity contribution is -0.139. The number of amides is 1. The van der Waals surface area contributed by atoms with E-state index >= 15 is 0 Å². The molecule has 7 heteroatoms. The normalized spacial score (nSPS) is 18.6. The number of aliphatic hydroxyl groups excluding tert-OH is 1. The summed E-state index contributed by atoms with van der Waals surface area (Å²) in [6.45, 7) is 4.30. The number of ether oxygens (including phenoxy) is 2. The molecular formula is C21H23NO5S. The number of ketones is 1. The summed E-state index contributed by atoms with van der Waals surface area (Å²) >= 11 is 1.46. The van der Waals surface area contributed by atoms with Crippen LogP contribution < -0.4 is 9.47 Å². The third kappa shape index (κ3) is 3.16. The first-order valence-corrected chi connectivity index (χ1v) is 9.87. The minimum absolute atomic E-state index is 0.0619. The van der Waals surface area contributed by atoms with Crippen LogP contribution >= 0.6 is 11.3 Å². The van der Waals surface area contributed by atoms with E-state index in [-0.39, 0.29) is 16.9 Å². The van der Waals surface area contributed by atoms with Crippen LogP contribution in [-0.2, 0) is 9.59 Å². The number of carbonyl (C=O) groups excluding carboxylic acids is 2. The fourth-order valence-electron chi connectivity index (χ4n) is 3.51. The molecule has 6 nitrogen and oxygen atoms in total. The lowest BCUT2D eigenvalue weighted by atomic mass is 9.97. The van der Waals surface area contributed by atoms with Crippen molar-refractivity contribution in [3.63, 3.8) is 0 Å². The van der Waals surface area contributed by atoms with Gasteiger partial charge in [0.2, 0.25) is 0 Å². The molecule has 0 spiro atoms. The maximum absolute atomic E-state index is 12.9. The monoisotopic (exact) mass is 401 g/mol. The number of likely N-dealkylation sites (tertiary alicyclic amines) is 1. The van der Waals surface area contributed by atoms with Crippen molar-refractivity contribution in [1.29, 1.82) is 0 Å². The topological polar surface area (TPSA) is 76.1 Å². The highest BCUT2D eigenvalue weighted by molar-refractivity contribution is 7.10. The number of carbonyl (C=O) groups is 2. The van der Waals surface area contributed by atoms with Crippen LogP contribution in [0.3, 0.4) is 0 Å². The van der Waals surface area contributed by atoms with Gasteiger partial charge in [-0.1, -0.05) is 13.0 Å². The zero-order valence-corrected chi connectivity index (χ0v) is 17.1. The fraction of sp³-hybridized carbons (Fsp3) is 0.333. The Hall–Kier alpha value is -2.80. The van der Waals surface area contributed by atoms with Crippen molar-refractivity contribution in [3.05, 3.63) is 51.2 Å². The highest BCUT2D eigenvalue weighted by Crippen LogP contribution is 2.45. The summed E-state index contributed by atoms with van der Waals surface area (Å²) < 4.78 is 10.7. The Balaban J connectivity index is 2.29. The standard InChI is InChI=1S/C21H23NO5S/c1-5-10-22-17(20-12(2)9-11-28-20)16(19(24)21(22)25)18(23)15-13(26-3)7-6-8-14(15)27-4/h6-9,11,17,23H,5,10H2,1-4H3/b18-16+. The van der Waals surface area contributed by atoms with Crippen molar-refractivity contribution in [2.45, 2.75) is 26.3 Å². The smallest absolute Gasteiger partial charge is 0.295 e. The molecule has 1 aliphatic rings. The summed E-state index contributed by atoms with van der Waals surface area (Å²) in [5.41, 5.74) is 1.30. The van der Waals surface area contributed by atoms with E-state index < -0.39 is 17.7 Å². The summed E-state index contributed by atoms with van der Waals surface area (Å²) in [6.07, 6.45) is 0.700. The number of aryl methyl sites for hydroxylation is 1. The summed E-state index contributed by atoms with van der Waals surface area (Å²) in [6, 6.07) is 6.38. The van der Waals surface area contributed by atoms with Crippen molar-refractivity contribution >= 4 is 28.8 Å². The van der Waals surface area contributed by atoms with Gasteiger partial charge < -0.3 is 19.5 Å². The van der Waals surface area contributed by atoms with Gasteiger partial charge in [0.05, 0.1) is 25.8 Å². The molecule has 1 saturated heterocycles. The van der Waals surface area contributed by atoms with Crippen molar-refractivity contribution in [2.75, 3.05) is 20.8 Å². The van der Waals surface area contributed by atoms with Crippen LogP contribution in [0.5, 0.6) is 11.5 Å². The molecule has 1 atom stereocenters. The molecule has 1 amide bonds. The molecule has 0 bridgehead atoms. The molecule has 148 valence electrons. The van der Waals surface area contributed by atoms with E-state index in [1.165, 1.54) is 30.5 Å². The lowest BCUT2D eigenvalue weighted by Gasteiger charge is -2.24. The van der Waals surface area contributed by atoms with Crippen LogP contribution in [0.25, 0.3) is 5.76 Å². The van der Waals surface area contributed by atoms with E-state index in [0.29, 0.717) is 24.5 Å². The second kappa shape index (κ2) is 8.06.